The minimum atomic E-state index is -3.96. The molecule has 2 aromatic carbocycles. The zero-order chi connectivity index (χ0) is 17.0. The van der Waals surface area contributed by atoms with Gasteiger partial charge in [-0.2, -0.15) is 0 Å². The third kappa shape index (κ3) is 4.19. The first-order valence-electron chi connectivity index (χ1n) is 7.10. The van der Waals surface area contributed by atoms with Crippen molar-refractivity contribution in [3.8, 4) is 0 Å². The van der Waals surface area contributed by atoms with Crippen molar-refractivity contribution < 1.29 is 13.2 Å². The quantitative estimate of drug-likeness (QED) is 0.811. The second-order valence-corrected chi connectivity index (χ2v) is 8.10. The first-order chi connectivity index (χ1) is 10.8. The highest BCUT2D eigenvalue weighted by molar-refractivity contribution is 7.94. The van der Waals surface area contributed by atoms with Gasteiger partial charge in [0.05, 0.1) is 10.9 Å². The molecule has 6 heteroatoms. The molecule has 2 aromatic rings. The fourth-order valence-corrected chi connectivity index (χ4v) is 4.01. The number of ketones is 1. The number of hydrogen-bond acceptors (Lipinski definition) is 4. The van der Waals surface area contributed by atoms with Crippen molar-refractivity contribution in [2.24, 2.45) is 5.73 Å². The van der Waals surface area contributed by atoms with Crippen LogP contribution in [0.15, 0.2) is 59.5 Å². The summed E-state index contributed by atoms with van der Waals surface area (Å²) < 4.78 is 23.3. The zero-order valence-electron chi connectivity index (χ0n) is 12.6. The molecule has 1 unspecified atom stereocenters. The van der Waals surface area contributed by atoms with Crippen molar-refractivity contribution in [3.63, 3.8) is 0 Å². The molecular weight excluding hydrogens is 334 g/mol. The van der Waals surface area contributed by atoms with E-state index in [-0.39, 0.29) is 11.3 Å². The molecule has 122 valence electrons. The Morgan fingerprint density at radius 1 is 1.13 bits per heavy atom. The number of nitrogens with two attached hydrogens (primary N) is 1. The van der Waals surface area contributed by atoms with Crippen molar-refractivity contribution in [1.82, 2.24) is 0 Å². The van der Waals surface area contributed by atoms with E-state index in [1.165, 1.54) is 12.1 Å². The van der Waals surface area contributed by atoms with Gasteiger partial charge < -0.3 is 5.73 Å². The lowest BCUT2D eigenvalue weighted by molar-refractivity contribution is -0.118. The molecule has 0 radical (unpaired) electrons. The number of benzene rings is 2. The molecule has 0 aliphatic rings. The Hall–Kier alpha value is -1.69. The van der Waals surface area contributed by atoms with Gasteiger partial charge in [0.25, 0.3) is 0 Å². The monoisotopic (exact) mass is 351 g/mol. The van der Waals surface area contributed by atoms with Gasteiger partial charge in [-0.3, -0.25) is 4.79 Å². The summed E-state index contributed by atoms with van der Waals surface area (Å²) in [4.78, 5) is 12.3. The summed E-state index contributed by atoms with van der Waals surface area (Å²) in [5.41, 5.74) is 7.48. The average molecular weight is 352 g/mol. The van der Waals surface area contributed by atoms with Gasteiger partial charge in [-0.1, -0.05) is 54.1 Å². The molecule has 2 N–H and O–H groups in total. The molecule has 0 spiro atoms. The standard InChI is InChI=1S/C17H18ClNO3S/c1-12-6-5-9-14(10-12)23(21,22)17(18)16(20)15(19)11-13-7-3-2-4-8-13/h2-10,15,17H,11,19H2,1H3/t15-,17?/m0/s1. The summed E-state index contributed by atoms with van der Waals surface area (Å²) in [6.07, 6.45) is 0.242. The van der Waals surface area contributed by atoms with Crippen LogP contribution in [0, 0.1) is 6.92 Å². The van der Waals surface area contributed by atoms with Crippen LogP contribution in [0.1, 0.15) is 11.1 Å². The predicted molar refractivity (Wildman–Crippen MR) is 91.1 cm³/mol. The molecule has 0 aliphatic heterocycles. The van der Waals surface area contributed by atoms with E-state index in [1.54, 1.807) is 19.1 Å². The molecule has 0 aromatic heterocycles. The molecule has 0 saturated heterocycles. The highest BCUT2D eigenvalue weighted by Gasteiger charge is 2.35. The van der Waals surface area contributed by atoms with Gasteiger partial charge in [-0.25, -0.2) is 8.42 Å². The summed E-state index contributed by atoms with van der Waals surface area (Å²) in [5.74, 6) is -0.697. The topological polar surface area (TPSA) is 77.2 Å². The molecule has 2 rings (SSSR count). The van der Waals surface area contributed by atoms with Crippen LogP contribution in [0.5, 0.6) is 0 Å². The predicted octanol–water partition coefficient (Wildman–Crippen LogP) is 2.47. The second kappa shape index (κ2) is 7.25. The number of alkyl halides is 1. The lowest BCUT2D eigenvalue weighted by atomic mass is 10.0. The average Bonchev–Trinajstić information content (AvgIpc) is 2.54. The van der Waals surface area contributed by atoms with E-state index < -0.39 is 26.4 Å². The van der Waals surface area contributed by atoms with E-state index >= 15 is 0 Å². The Morgan fingerprint density at radius 2 is 1.78 bits per heavy atom. The van der Waals surface area contributed by atoms with Crippen LogP contribution < -0.4 is 5.73 Å². The molecular formula is C17H18ClNO3S. The summed E-state index contributed by atoms with van der Waals surface area (Å²) in [6, 6.07) is 14.5. The van der Waals surface area contributed by atoms with Gasteiger partial charge in [0, 0.05) is 0 Å². The van der Waals surface area contributed by atoms with Gasteiger partial charge >= 0.3 is 0 Å². The fraction of sp³-hybridized carbons (Fsp3) is 0.235. The smallest absolute Gasteiger partial charge is 0.202 e. The highest BCUT2D eigenvalue weighted by Crippen LogP contribution is 2.22. The largest absolute Gasteiger partial charge is 0.321 e. The van der Waals surface area contributed by atoms with Crippen molar-refractivity contribution in [3.05, 3.63) is 65.7 Å². The number of Topliss-reactive ketones (excluding diaryl/α,β-unsaturated/α-hetero) is 1. The first kappa shape index (κ1) is 17.7. The zero-order valence-corrected chi connectivity index (χ0v) is 14.2. The Kier molecular flexibility index (Phi) is 5.57. The molecule has 4 nitrogen and oxygen atoms in total. The van der Waals surface area contributed by atoms with E-state index in [2.05, 4.69) is 0 Å². The molecule has 0 amide bonds. The maximum Gasteiger partial charge on any atom is 0.202 e. The van der Waals surface area contributed by atoms with Gasteiger partial charge in [-0.15, -0.1) is 0 Å². The van der Waals surface area contributed by atoms with E-state index in [0.717, 1.165) is 11.1 Å². The van der Waals surface area contributed by atoms with Gasteiger partial charge in [0.2, 0.25) is 9.84 Å². The van der Waals surface area contributed by atoms with E-state index in [1.807, 2.05) is 30.3 Å². The molecule has 0 heterocycles. The van der Waals surface area contributed by atoms with Crippen LogP contribution in [-0.2, 0) is 21.1 Å². The Bertz CT molecular complexity index is 790. The van der Waals surface area contributed by atoms with E-state index in [9.17, 15) is 13.2 Å². The van der Waals surface area contributed by atoms with Crippen molar-refractivity contribution in [2.75, 3.05) is 0 Å². The number of halogens is 1. The van der Waals surface area contributed by atoms with Gasteiger partial charge in [-0.05, 0) is 36.6 Å². The maximum absolute atomic E-state index is 12.5. The van der Waals surface area contributed by atoms with Crippen molar-refractivity contribution in [1.29, 1.82) is 0 Å². The summed E-state index contributed by atoms with van der Waals surface area (Å²) in [7, 11) is -3.96. The summed E-state index contributed by atoms with van der Waals surface area (Å²) >= 11 is 5.95. The summed E-state index contributed by atoms with van der Waals surface area (Å²) in [5, 5.41) is 0. The van der Waals surface area contributed by atoms with Crippen LogP contribution in [0.3, 0.4) is 0 Å². The maximum atomic E-state index is 12.5. The normalized spacial score (nSPS) is 14.2. The number of aryl methyl sites for hydroxylation is 1. The van der Waals surface area contributed by atoms with E-state index in [4.69, 9.17) is 17.3 Å². The highest BCUT2D eigenvalue weighted by atomic mass is 35.5. The van der Waals surface area contributed by atoms with Crippen LogP contribution in [0.2, 0.25) is 0 Å². The minimum absolute atomic E-state index is 0.0257. The Balaban J connectivity index is 2.18. The molecule has 0 fully saturated rings. The third-order valence-electron chi connectivity index (χ3n) is 3.48. The van der Waals surface area contributed by atoms with Crippen LogP contribution in [0.4, 0.5) is 0 Å². The first-order valence-corrected chi connectivity index (χ1v) is 9.08. The van der Waals surface area contributed by atoms with Crippen molar-refractivity contribution in [2.45, 2.75) is 29.0 Å². The number of carbonyl (C=O) groups is 1. The lowest BCUT2D eigenvalue weighted by Gasteiger charge is -2.16. The lowest BCUT2D eigenvalue weighted by Crippen LogP contribution is -2.41. The second-order valence-electron chi connectivity index (χ2n) is 5.38. The van der Waals surface area contributed by atoms with Crippen molar-refractivity contribution >= 4 is 27.2 Å². The van der Waals surface area contributed by atoms with Crippen LogP contribution in [0.25, 0.3) is 0 Å². The van der Waals surface area contributed by atoms with Gasteiger partial charge in [0.15, 0.2) is 10.5 Å². The third-order valence-corrected chi connectivity index (χ3v) is 6.09. The molecule has 0 aliphatic carbocycles. The fourth-order valence-electron chi connectivity index (χ4n) is 2.20. The summed E-state index contributed by atoms with van der Waals surface area (Å²) in [6.45, 7) is 1.77. The van der Waals surface area contributed by atoms with Gasteiger partial charge in [0.1, 0.15) is 0 Å². The Labute approximate surface area is 141 Å². The number of carbonyl (C=O) groups excluding carboxylic acids is 1. The SMILES string of the molecule is Cc1cccc(S(=O)(=O)C(Cl)C(=O)[C@@H](N)Cc2ccccc2)c1. The molecule has 2 atom stereocenters. The van der Waals surface area contributed by atoms with Crippen LogP contribution in [-0.4, -0.2) is 25.0 Å². The minimum Gasteiger partial charge on any atom is -0.321 e. The number of sulfone groups is 1. The molecule has 0 bridgehead atoms. The van der Waals surface area contributed by atoms with Crippen LogP contribution >= 0.6 is 11.6 Å². The molecule has 0 saturated carbocycles. The number of rotatable bonds is 6. The number of hydrogen-bond donors (Lipinski definition) is 1. The molecule has 23 heavy (non-hydrogen) atoms. The Morgan fingerprint density at radius 3 is 2.39 bits per heavy atom. The van der Waals surface area contributed by atoms with E-state index in [0.29, 0.717) is 0 Å².